The molecule has 1 aliphatic heterocycles. The topological polar surface area (TPSA) is 103 Å². The Morgan fingerprint density at radius 3 is 2.50 bits per heavy atom. The summed E-state index contributed by atoms with van der Waals surface area (Å²) in [6, 6.07) is 12.1. The number of esters is 2. The van der Waals surface area contributed by atoms with Gasteiger partial charge in [0.15, 0.2) is 0 Å². The number of aromatic nitrogens is 1. The largest absolute Gasteiger partial charge is 0.465 e. The third-order valence-corrected chi connectivity index (χ3v) is 6.78. The number of carbonyl (C=O) groups excluding carboxylic acids is 4. The summed E-state index contributed by atoms with van der Waals surface area (Å²) >= 11 is 0. The van der Waals surface area contributed by atoms with Crippen LogP contribution in [0.1, 0.15) is 75.6 Å². The zero-order chi connectivity index (χ0) is 27.5. The number of rotatable bonds is 14. The molecular formula is C30H38N2O6. The monoisotopic (exact) mass is 522 g/mol. The van der Waals surface area contributed by atoms with Crippen molar-refractivity contribution in [1.82, 2.24) is 9.88 Å². The smallest absolute Gasteiger partial charge is 0.330 e. The lowest BCUT2D eigenvalue weighted by Crippen LogP contribution is -2.67. The van der Waals surface area contributed by atoms with E-state index in [1.54, 1.807) is 25.3 Å². The molecule has 1 aromatic heterocycles. The van der Waals surface area contributed by atoms with E-state index in [4.69, 9.17) is 9.47 Å². The van der Waals surface area contributed by atoms with Gasteiger partial charge in [0.25, 0.3) is 0 Å². The summed E-state index contributed by atoms with van der Waals surface area (Å²) in [6.45, 7) is 6.28. The normalized spacial score (nSPS) is 17.4. The number of likely N-dealkylation sites (tertiary alicyclic amines) is 1. The van der Waals surface area contributed by atoms with Gasteiger partial charge in [0.2, 0.25) is 11.8 Å². The molecule has 0 N–H and O–H groups in total. The summed E-state index contributed by atoms with van der Waals surface area (Å²) in [4.78, 5) is 56.5. The lowest BCUT2D eigenvalue weighted by molar-refractivity contribution is -0.179. The van der Waals surface area contributed by atoms with E-state index in [2.05, 4.69) is 11.9 Å². The van der Waals surface area contributed by atoms with Crippen LogP contribution in [0, 0.1) is 5.92 Å². The SMILES string of the molecule is CCCCCCOC(=O)Cc1cc(CC2C(=O)N(C(=O)C[C@H](C)c3ccccc3)[C@@H]2C(=O)OCC)ccn1. The van der Waals surface area contributed by atoms with Crippen LogP contribution in [0.4, 0.5) is 0 Å². The van der Waals surface area contributed by atoms with E-state index in [-0.39, 0.29) is 37.8 Å². The fourth-order valence-corrected chi connectivity index (χ4v) is 4.70. The molecule has 0 spiro atoms. The number of nitrogens with zero attached hydrogens (tertiary/aromatic N) is 2. The third-order valence-electron chi connectivity index (χ3n) is 6.78. The molecule has 8 heteroatoms. The first-order chi connectivity index (χ1) is 18.3. The molecule has 8 nitrogen and oxygen atoms in total. The Hall–Kier alpha value is -3.55. The lowest BCUT2D eigenvalue weighted by Gasteiger charge is -2.44. The summed E-state index contributed by atoms with van der Waals surface area (Å²) in [5.74, 6) is -2.53. The molecule has 3 rings (SSSR count). The molecule has 0 aliphatic carbocycles. The van der Waals surface area contributed by atoms with E-state index in [0.717, 1.165) is 41.7 Å². The number of pyridine rings is 1. The molecule has 2 heterocycles. The molecule has 3 atom stereocenters. The van der Waals surface area contributed by atoms with Crippen molar-refractivity contribution in [3.05, 3.63) is 65.5 Å². The van der Waals surface area contributed by atoms with Crippen LogP contribution in [-0.4, -0.2) is 52.9 Å². The van der Waals surface area contributed by atoms with Gasteiger partial charge in [-0.15, -0.1) is 0 Å². The Bertz CT molecular complexity index is 1100. The summed E-state index contributed by atoms with van der Waals surface area (Å²) in [5.41, 5.74) is 2.27. The van der Waals surface area contributed by atoms with Gasteiger partial charge in [0.05, 0.1) is 31.2 Å². The molecule has 1 unspecified atom stereocenters. The average molecular weight is 523 g/mol. The van der Waals surface area contributed by atoms with Crippen molar-refractivity contribution >= 4 is 23.8 Å². The van der Waals surface area contributed by atoms with E-state index in [1.165, 1.54) is 0 Å². The number of amides is 2. The second-order valence-corrected chi connectivity index (χ2v) is 9.74. The number of hydrogen-bond donors (Lipinski definition) is 0. The predicted octanol–water partition coefficient (Wildman–Crippen LogP) is 4.40. The van der Waals surface area contributed by atoms with Crippen molar-refractivity contribution in [3.8, 4) is 0 Å². The van der Waals surface area contributed by atoms with Crippen molar-refractivity contribution < 1.29 is 28.7 Å². The van der Waals surface area contributed by atoms with Crippen LogP contribution in [0.25, 0.3) is 0 Å². The highest BCUT2D eigenvalue weighted by Crippen LogP contribution is 2.33. The highest BCUT2D eigenvalue weighted by atomic mass is 16.5. The molecule has 38 heavy (non-hydrogen) atoms. The van der Waals surface area contributed by atoms with Gasteiger partial charge in [-0.25, -0.2) is 4.79 Å². The van der Waals surface area contributed by atoms with Crippen molar-refractivity contribution in [2.24, 2.45) is 5.92 Å². The standard InChI is InChI=1S/C30H38N2O6/c1-4-6-7-11-16-38-27(34)20-24-18-22(14-15-31-24)19-25-28(30(36)37-5-2)32(29(25)35)26(33)17-21(3)23-12-9-8-10-13-23/h8-10,12-15,18,21,25,28H,4-7,11,16-17,19-20H2,1-3H3/t21-,25?,28-/m0/s1. The molecule has 2 aromatic rings. The number of unbranched alkanes of at least 4 members (excludes halogenated alkanes) is 3. The number of hydrogen-bond acceptors (Lipinski definition) is 7. The van der Waals surface area contributed by atoms with Crippen LogP contribution in [0.5, 0.6) is 0 Å². The minimum atomic E-state index is -0.970. The Kier molecular flexibility index (Phi) is 11.0. The Morgan fingerprint density at radius 1 is 1.03 bits per heavy atom. The summed E-state index contributed by atoms with van der Waals surface area (Å²) in [5, 5.41) is 0. The fraction of sp³-hybridized carbons (Fsp3) is 0.500. The molecule has 204 valence electrons. The molecule has 1 aliphatic rings. The van der Waals surface area contributed by atoms with Crippen molar-refractivity contribution in [2.45, 2.75) is 77.7 Å². The quantitative estimate of drug-likeness (QED) is 0.206. The van der Waals surface area contributed by atoms with Gasteiger partial charge in [-0.05, 0) is 48.9 Å². The van der Waals surface area contributed by atoms with E-state index in [9.17, 15) is 19.2 Å². The number of carbonyl (C=O) groups is 4. The average Bonchev–Trinajstić information content (AvgIpc) is 2.90. The predicted molar refractivity (Wildman–Crippen MR) is 142 cm³/mol. The molecule has 1 fully saturated rings. The Morgan fingerprint density at radius 2 is 1.79 bits per heavy atom. The van der Waals surface area contributed by atoms with Gasteiger partial charge >= 0.3 is 11.9 Å². The van der Waals surface area contributed by atoms with Crippen LogP contribution in [0.2, 0.25) is 0 Å². The van der Waals surface area contributed by atoms with E-state index >= 15 is 0 Å². The molecule has 0 bridgehead atoms. The molecule has 1 aromatic carbocycles. The summed E-state index contributed by atoms with van der Waals surface area (Å²) < 4.78 is 10.5. The van der Waals surface area contributed by atoms with Gasteiger partial charge < -0.3 is 9.47 Å². The fourth-order valence-electron chi connectivity index (χ4n) is 4.70. The Labute approximate surface area is 224 Å². The van der Waals surface area contributed by atoms with Crippen LogP contribution >= 0.6 is 0 Å². The first kappa shape index (κ1) is 29.0. The maximum Gasteiger partial charge on any atom is 0.330 e. The molecule has 0 saturated carbocycles. The summed E-state index contributed by atoms with van der Waals surface area (Å²) in [7, 11) is 0. The highest BCUT2D eigenvalue weighted by molar-refractivity contribution is 6.08. The molecule has 2 amide bonds. The number of benzene rings is 1. The first-order valence-corrected chi connectivity index (χ1v) is 13.5. The van der Waals surface area contributed by atoms with Gasteiger partial charge in [-0.1, -0.05) is 63.4 Å². The Balaban J connectivity index is 1.63. The van der Waals surface area contributed by atoms with E-state index < -0.39 is 29.7 Å². The van der Waals surface area contributed by atoms with Crippen molar-refractivity contribution in [3.63, 3.8) is 0 Å². The van der Waals surface area contributed by atoms with Crippen LogP contribution in [-0.2, 0) is 41.5 Å². The second kappa shape index (κ2) is 14.4. The number of ether oxygens (including phenoxy) is 2. The first-order valence-electron chi connectivity index (χ1n) is 13.5. The zero-order valence-electron chi connectivity index (χ0n) is 22.6. The van der Waals surface area contributed by atoms with Crippen LogP contribution in [0.3, 0.4) is 0 Å². The molecule has 1 saturated heterocycles. The second-order valence-electron chi connectivity index (χ2n) is 9.74. The van der Waals surface area contributed by atoms with Crippen molar-refractivity contribution in [2.75, 3.05) is 13.2 Å². The minimum Gasteiger partial charge on any atom is -0.465 e. The minimum absolute atomic E-state index is 0.0313. The summed E-state index contributed by atoms with van der Waals surface area (Å²) in [6.07, 6.45) is 6.05. The van der Waals surface area contributed by atoms with Gasteiger partial charge in [0, 0.05) is 12.6 Å². The van der Waals surface area contributed by atoms with Gasteiger partial charge in [-0.3, -0.25) is 24.3 Å². The molecular weight excluding hydrogens is 484 g/mol. The van der Waals surface area contributed by atoms with Crippen molar-refractivity contribution in [1.29, 1.82) is 0 Å². The maximum absolute atomic E-state index is 13.1. The highest BCUT2D eigenvalue weighted by Gasteiger charge is 2.55. The number of imide groups is 1. The molecule has 0 radical (unpaired) electrons. The zero-order valence-corrected chi connectivity index (χ0v) is 22.6. The maximum atomic E-state index is 13.1. The lowest BCUT2D eigenvalue weighted by atomic mass is 9.81. The van der Waals surface area contributed by atoms with Crippen LogP contribution in [0.15, 0.2) is 48.7 Å². The third kappa shape index (κ3) is 7.73. The van der Waals surface area contributed by atoms with Gasteiger partial charge in [0.1, 0.15) is 6.04 Å². The van der Waals surface area contributed by atoms with E-state index in [1.807, 2.05) is 37.3 Å². The van der Waals surface area contributed by atoms with E-state index in [0.29, 0.717) is 12.3 Å². The number of β-lactam (4-membered cyclic amide) rings is 1. The van der Waals surface area contributed by atoms with Gasteiger partial charge in [-0.2, -0.15) is 0 Å². The van der Waals surface area contributed by atoms with Crippen LogP contribution < -0.4 is 0 Å².